The minimum atomic E-state index is -1.14. The SMILES string of the molecule is O=C(O)c1ccccc1Oc1ncc([N+](=O)[O-])cc1Br. The van der Waals surface area contributed by atoms with Crippen molar-refractivity contribution >= 4 is 27.6 Å². The molecule has 0 aliphatic heterocycles. The van der Waals surface area contributed by atoms with Crippen molar-refractivity contribution in [3.05, 3.63) is 56.7 Å². The van der Waals surface area contributed by atoms with E-state index in [-0.39, 0.29) is 27.4 Å². The molecule has 0 spiro atoms. The lowest BCUT2D eigenvalue weighted by Crippen LogP contribution is -2.00. The highest BCUT2D eigenvalue weighted by Gasteiger charge is 2.15. The van der Waals surface area contributed by atoms with Gasteiger partial charge in [0.05, 0.1) is 9.40 Å². The van der Waals surface area contributed by atoms with E-state index < -0.39 is 10.9 Å². The molecule has 1 aromatic carbocycles. The molecule has 0 amide bonds. The molecule has 1 aromatic heterocycles. The quantitative estimate of drug-likeness (QED) is 0.678. The van der Waals surface area contributed by atoms with E-state index in [1.807, 2.05) is 0 Å². The molecule has 2 aromatic rings. The van der Waals surface area contributed by atoms with Crippen LogP contribution < -0.4 is 4.74 Å². The van der Waals surface area contributed by atoms with Crippen LogP contribution in [-0.2, 0) is 0 Å². The van der Waals surface area contributed by atoms with Crippen LogP contribution in [0.4, 0.5) is 5.69 Å². The largest absolute Gasteiger partial charge is 0.478 e. The van der Waals surface area contributed by atoms with Gasteiger partial charge in [0.1, 0.15) is 17.5 Å². The molecule has 0 unspecified atom stereocenters. The Hall–Kier alpha value is -2.48. The number of ether oxygens (including phenoxy) is 1. The standard InChI is InChI=1S/C12H7BrN2O5/c13-9-5-7(15(18)19)6-14-11(9)20-10-4-2-1-3-8(10)12(16)17/h1-6H,(H,16,17). The van der Waals surface area contributed by atoms with E-state index in [0.29, 0.717) is 0 Å². The van der Waals surface area contributed by atoms with Gasteiger partial charge in [-0.05, 0) is 28.1 Å². The second-order valence-corrected chi connectivity index (χ2v) is 4.50. The van der Waals surface area contributed by atoms with Crippen LogP contribution in [0.3, 0.4) is 0 Å². The van der Waals surface area contributed by atoms with Gasteiger partial charge < -0.3 is 9.84 Å². The number of benzene rings is 1. The topological polar surface area (TPSA) is 103 Å². The Kier molecular flexibility index (Phi) is 3.94. The lowest BCUT2D eigenvalue weighted by atomic mass is 10.2. The van der Waals surface area contributed by atoms with Gasteiger partial charge in [0.25, 0.3) is 5.69 Å². The summed E-state index contributed by atoms with van der Waals surface area (Å²) in [4.78, 5) is 24.8. The van der Waals surface area contributed by atoms with Crippen molar-refractivity contribution in [1.29, 1.82) is 0 Å². The zero-order chi connectivity index (χ0) is 14.7. The summed E-state index contributed by atoms with van der Waals surface area (Å²) < 4.78 is 5.63. The number of pyridine rings is 1. The van der Waals surface area contributed by atoms with Gasteiger partial charge in [-0.1, -0.05) is 12.1 Å². The van der Waals surface area contributed by atoms with Crippen LogP contribution >= 0.6 is 15.9 Å². The van der Waals surface area contributed by atoms with Gasteiger partial charge in [-0.2, -0.15) is 0 Å². The molecule has 0 saturated heterocycles. The molecule has 0 saturated carbocycles. The normalized spacial score (nSPS) is 10.1. The second-order valence-electron chi connectivity index (χ2n) is 3.64. The molecule has 1 heterocycles. The van der Waals surface area contributed by atoms with Crippen molar-refractivity contribution in [3.63, 3.8) is 0 Å². The molecular formula is C12H7BrN2O5. The number of hydrogen-bond acceptors (Lipinski definition) is 5. The molecule has 1 N–H and O–H groups in total. The van der Waals surface area contributed by atoms with Gasteiger partial charge in [-0.15, -0.1) is 0 Å². The van der Waals surface area contributed by atoms with E-state index in [1.54, 1.807) is 12.1 Å². The third kappa shape index (κ3) is 2.91. The zero-order valence-electron chi connectivity index (χ0n) is 9.82. The Bertz CT molecular complexity index is 689. The van der Waals surface area contributed by atoms with Crippen LogP contribution in [0.2, 0.25) is 0 Å². The number of rotatable bonds is 4. The zero-order valence-corrected chi connectivity index (χ0v) is 11.4. The number of para-hydroxylation sites is 1. The molecule has 7 nitrogen and oxygen atoms in total. The third-order valence-corrected chi connectivity index (χ3v) is 2.90. The van der Waals surface area contributed by atoms with Gasteiger partial charge in [0.15, 0.2) is 0 Å². The molecular weight excluding hydrogens is 332 g/mol. The predicted molar refractivity (Wildman–Crippen MR) is 72.1 cm³/mol. The first-order valence-corrected chi connectivity index (χ1v) is 6.08. The van der Waals surface area contributed by atoms with Gasteiger partial charge in [-0.3, -0.25) is 10.1 Å². The van der Waals surface area contributed by atoms with E-state index in [1.165, 1.54) is 18.2 Å². The van der Waals surface area contributed by atoms with Crippen molar-refractivity contribution in [3.8, 4) is 11.6 Å². The lowest BCUT2D eigenvalue weighted by Gasteiger charge is -2.08. The van der Waals surface area contributed by atoms with Crippen molar-refractivity contribution in [2.24, 2.45) is 0 Å². The summed E-state index contributed by atoms with van der Waals surface area (Å²) >= 11 is 3.10. The Balaban J connectivity index is 2.36. The van der Waals surface area contributed by atoms with Crippen LogP contribution in [0.5, 0.6) is 11.6 Å². The van der Waals surface area contributed by atoms with E-state index in [0.717, 1.165) is 6.20 Å². The van der Waals surface area contributed by atoms with Crippen molar-refractivity contribution in [1.82, 2.24) is 4.98 Å². The molecule has 8 heteroatoms. The van der Waals surface area contributed by atoms with Crippen molar-refractivity contribution < 1.29 is 19.6 Å². The van der Waals surface area contributed by atoms with E-state index in [4.69, 9.17) is 9.84 Å². The average Bonchev–Trinajstić information content (AvgIpc) is 2.41. The van der Waals surface area contributed by atoms with Crippen molar-refractivity contribution in [2.75, 3.05) is 0 Å². The fraction of sp³-hybridized carbons (Fsp3) is 0. The Morgan fingerprint density at radius 3 is 2.70 bits per heavy atom. The number of carbonyl (C=O) groups is 1. The summed E-state index contributed by atoms with van der Waals surface area (Å²) in [6.07, 6.45) is 1.03. The monoisotopic (exact) mass is 338 g/mol. The number of hydrogen-bond donors (Lipinski definition) is 1. The van der Waals surface area contributed by atoms with E-state index >= 15 is 0 Å². The first-order valence-electron chi connectivity index (χ1n) is 5.29. The number of carboxylic acids is 1. The molecule has 0 aliphatic carbocycles. The minimum absolute atomic E-state index is 0.0282. The number of halogens is 1. The molecule has 0 aliphatic rings. The number of aromatic carboxylic acids is 1. The van der Waals surface area contributed by atoms with Crippen LogP contribution in [0.25, 0.3) is 0 Å². The summed E-state index contributed by atoms with van der Waals surface area (Å²) in [7, 11) is 0. The van der Waals surface area contributed by atoms with Gasteiger partial charge in [0, 0.05) is 6.07 Å². The fourth-order valence-electron chi connectivity index (χ4n) is 1.43. The molecule has 0 radical (unpaired) electrons. The maximum atomic E-state index is 11.0. The minimum Gasteiger partial charge on any atom is -0.478 e. The Morgan fingerprint density at radius 2 is 2.10 bits per heavy atom. The maximum absolute atomic E-state index is 11.0. The van der Waals surface area contributed by atoms with Gasteiger partial charge in [-0.25, -0.2) is 9.78 Å². The van der Waals surface area contributed by atoms with E-state index in [9.17, 15) is 14.9 Å². The number of nitro groups is 1. The van der Waals surface area contributed by atoms with Gasteiger partial charge in [0.2, 0.25) is 5.88 Å². The average molecular weight is 339 g/mol. The Morgan fingerprint density at radius 1 is 1.40 bits per heavy atom. The Labute approximate surface area is 121 Å². The number of aromatic nitrogens is 1. The van der Waals surface area contributed by atoms with Crippen LogP contribution in [-0.4, -0.2) is 21.0 Å². The summed E-state index contributed by atoms with van der Waals surface area (Å²) in [5.41, 5.74) is -0.227. The summed E-state index contributed by atoms with van der Waals surface area (Å²) in [6, 6.07) is 7.26. The molecule has 0 bridgehead atoms. The summed E-state index contributed by atoms with van der Waals surface area (Å²) in [5, 5.41) is 19.6. The van der Waals surface area contributed by atoms with Crippen LogP contribution in [0.15, 0.2) is 41.0 Å². The smallest absolute Gasteiger partial charge is 0.339 e. The molecule has 2 rings (SSSR count). The highest BCUT2D eigenvalue weighted by Crippen LogP contribution is 2.31. The van der Waals surface area contributed by atoms with Gasteiger partial charge >= 0.3 is 5.97 Å². The highest BCUT2D eigenvalue weighted by atomic mass is 79.9. The fourth-order valence-corrected chi connectivity index (χ4v) is 1.84. The maximum Gasteiger partial charge on any atom is 0.339 e. The highest BCUT2D eigenvalue weighted by molar-refractivity contribution is 9.10. The molecule has 0 atom stereocenters. The first-order chi connectivity index (χ1) is 9.49. The second kappa shape index (κ2) is 5.66. The third-order valence-electron chi connectivity index (χ3n) is 2.33. The number of nitrogens with zero attached hydrogens (tertiary/aromatic N) is 2. The summed E-state index contributed by atoms with van der Waals surface area (Å²) in [6.45, 7) is 0. The molecule has 102 valence electrons. The number of carboxylic acid groups (broad SMARTS) is 1. The summed E-state index contributed by atoms with van der Waals surface area (Å²) in [5.74, 6) is -0.995. The van der Waals surface area contributed by atoms with Crippen LogP contribution in [0, 0.1) is 10.1 Å². The van der Waals surface area contributed by atoms with Crippen LogP contribution in [0.1, 0.15) is 10.4 Å². The molecule has 20 heavy (non-hydrogen) atoms. The molecule has 0 fully saturated rings. The predicted octanol–water partition coefficient (Wildman–Crippen LogP) is 3.24. The lowest BCUT2D eigenvalue weighted by molar-refractivity contribution is -0.385. The first kappa shape index (κ1) is 13.9. The van der Waals surface area contributed by atoms with Crippen molar-refractivity contribution in [2.45, 2.75) is 0 Å². The van der Waals surface area contributed by atoms with E-state index in [2.05, 4.69) is 20.9 Å².